The van der Waals surface area contributed by atoms with Gasteiger partial charge in [0.2, 0.25) is 17.7 Å². The maximum Gasteiger partial charge on any atom is 0.228 e. The van der Waals surface area contributed by atoms with E-state index in [0.29, 0.717) is 32.6 Å². The fourth-order valence-corrected chi connectivity index (χ4v) is 6.56. The van der Waals surface area contributed by atoms with Crippen LogP contribution in [0.1, 0.15) is 58.3 Å². The molecular formula is C21H35N3O5S. The number of unbranched alkanes of at least 4 members (excludes halogenated alkanes) is 3. The van der Waals surface area contributed by atoms with Gasteiger partial charge in [-0.05, 0) is 25.7 Å². The van der Waals surface area contributed by atoms with Gasteiger partial charge in [0.25, 0.3) is 0 Å². The fourth-order valence-electron chi connectivity index (χ4n) is 4.83. The summed E-state index contributed by atoms with van der Waals surface area (Å²) in [6.07, 6.45) is 6.58. The molecule has 3 saturated heterocycles. The number of hydrogen-bond acceptors (Lipinski definition) is 5. The lowest BCUT2D eigenvalue weighted by atomic mass is 9.95. The molecule has 3 amide bonds. The molecule has 1 N–H and O–H groups in total. The Morgan fingerprint density at radius 2 is 1.90 bits per heavy atom. The number of nitrogens with one attached hydrogen (secondary N) is 1. The molecule has 3 aliphatic rings. The zero-order chi connectivity index (χ0) is 21.7. The monoisotopic (exact) mass is 441 g/mol. The van der Waals surface area contributed by atoms with E-state index in [1.165, 1.54) is 6.42 Å². The summed E-state index contributed by atoms with van der Waals surface area (Å²) < 4.78 is 23.5. The van der Waals surface area contributed by atoms with Crippen molar-refractivity contribution in [2.45, 2.75) is 64.3 Å². The van der Waals surface area contributed by atoms with Gasteiger partial charge in [-0.2, -0.15) is 0 Å². The zero-order valence-electron chi connectivity index (χ0n) is 18.0. The third-order valence-electron chi connectivity index (χ3n) is 6.59. The highest BCUT2D eigenvalue weighted by Gasteiger charge is 2.43. The predicted octanol–water partition coefficient (Wildman–Crippen LogP) is 0.957. The fraction of sp³-hybridized carbons (Fsp3) is 0.857. The first-order chi connectivity index (χ1) is 14.3. The van der Waals surface area contributed by atoms with Gasteiger partial charge < -0.3 is 15.1 Å². The number of hydrogen-bond donors (Lipinski definition) is 1. The van der Waals surface area contributed by atoms with Gasteiger partial charge in [0.05, 0.1) is 23.3 Å². The summed E-state index contributed by atoms with van der Waals surface area (Å²) >= 11 is 0. The van der Waals surface area contributed by atoms with Crippen LogP contribution in [0.15, 0.2) is 0 Å². The first-order valence-electron chi connectivity index (χ1n) is 11.4. The van der Waals surface area contributed by atoms with Crippen LogP contribution < -0.4 is 5.32 Å². The molecule has 3 fully saturated rings. The molecule has 9 heteroatoms. The average molecular weight is 442 g/mol. The molecule has 0 aromatic rings. The molecule has 3 heterocycles. The van der Waals surface area contributed by atoms with E-state index in [-0.39, 0.29) is 47.6 Å². The van der Waals surface area contributed by atoms with Crippen LogP contribution in [-0.4, -0.2) is 79.7 Å². The highest BCUT2D eigenvalue weighted by Crippen LogP contribution is 2.28. The molecule has 3 aliphatic heterocycles. The molecule has 30 heavy (non-hydrogen) atoms. The van der Waals surface area contributed by atoms with Gasteiger partial charge >= 0.3 is 0 Å². The zero-order valence-corrected chi connectivity index (χ0v) is 18.8. The Bertz CT molecular complexity index is 754. The van der Waals surface area contributed by atoms with Crippen molar-refractivity contribution in [3.63, 3.8) is 0 Å². The molecule has 0 unspecified atom stereocenters. The number of rotatable bonds is 8. The summed E-state index contributed by atoms with van der Waals surface area (Å²) in [5.74, 6) is -0.699. The Balaban J connectivity index is 1.49. The topological polar surface area (TPSA) is 104 Å². The van der Waals surface area contributed by atoms with Crippen LogP contribution in [0.3, 0.4) is 0 Å². The SMILES string of the molecule is CCCCCCNC(=O)[C@@H]1CCCN(C(=O)[C@H]2CC(=O)N([C@@H]3CCS(=O)(=O)C3)C2)C1. The molecule has 0 aromatic carbocycles. The van der Waals surface area contributed by atoms with Crippen molar-refractivity contribution in [3.05, 3.63) is 0 Å². The normalized spacial score (nSPS) is 28.7. The van der Waals surface area contributed by atoms with Crippen LogP contribution >= 0.6 is 0 Å². The summed E-state index contributed by atoms with van der Waals surface area (Å²) in [7, 11) is -3.08. The van der Waals surface area contributed by atoms with Crippen LogP contribution in [0.4, 0.5) is 0 Å². The van der Waals surface area contributed by atoms with E-state index in [0.717, 1.165) is 32.1 Å². The molecule has 0 spiro atoms. The quantitative estimate of drug-likeness (QED) is 0.565. The van der Waals surface area contributed by atoms with Crippen molar-refractivity contribution in [2.75, 3.05) is 37.7 Å². The van der Waals surface area contributed by atoms with E-state index in [2.05, 4.69) is 12.2 Å². The Hall–Kier alpha value is -1.64. The molecule has 8 nitrogen and oxygen atoms in total. The lowest BCUT2D eigenvalue weighted by Crippen LogP contribution is -2.48. The van der Waals surface area contributed by atoms with Crippen LogP contribution in [-0.2, 0) is 24.2 Å². The summed E-state index contributed by atoms with van der Waals surface area (Å²) in [5.41, 5.74) is 0. The molecule has 0 bridgehead atoms. The third-order valence-corrected chi connectivity index (χ3v) is 8.34. The highest BCUT2D eigenvalue weighted by atomic mass is 32.2. The molecule has 0 saturated carbocycles. The number of carbonyl (C=O) groups excluding carboxylic acids is 3. The molecule has 3 atom stereocenters. The minimum atomic E-state index is -3.08. The predicted molar refractivity (Wildman–Crippen MR) is 113 cm³/mol. The van der Waals surface area contributed by atoms with Crippen LogP contribution in [0.5, 0.6) is 0 Å². The first-order valence-corrected chi connectivity index (χ1v) is 13.2. The number of nitrogens with zero attached hydrogens (tertiary/aromatic N) is 2. The van der Waals surface area contributed by atoms with E-state index in [1.807, 2.05) is 0 Å². The molecule has 0 aromatic heterocycles. The Kier molecular flexibility index (Phi) is 7.76. The standard InChI is InChI=1S/C21H35N3O5S/c1-2-3-4-5-9-22-20(26)16-7-6-10-23(13-16)21(27)17-12-19(25)24(14-17)18-8-11-30(28,29)15-18/h16-18H,2-15H2,1H3,(H,22,26)/t16-,17+,18-/m1/s1. The van der Waals surface area contributed by atoms with Crippen LogP contribution in [0.25, 0.3) is 0 Å². The van der Waals surface area contributed by atoms with Crippen molar-refractivity contribution in [1.82, 2.24) is 15.1 Å². The number of sulfone groups is 1. The van der Waals surface area contributed by atoms with Crippen molar-refractivity contribution in [3.8, 4) is 0 Å². The molecule has 170 valence electrons. The van der Waals surface area contributed by atoms with Crippen molar-refractivity contribution >= 4 is 27.6 Å². The minimum Gasteiger partial charge on any atom is -0.356 e. The third kappa shape index (κ3) is 5.74. The largest absolute Gasteiger partial charge is 0.356 e. The number of piperidine rings is 1. The summed E-state index contributed by atoms with van der Waals surface area (Å²) in [6, 6.07) is -0.298. The summed E-state index contributed by atoms with van der Waals surface area (Å²) in [6.45, 7) is 4.14. The second kappa shape index (κ2) is 10.1. The lowest BCUT2D eigenvalue weighted by molar-refractivity contribution is -0.139. The van der Waals surface area contributed by atoms with Crippen molar-refractivity contribution < 1.29 is 22.8 Å². The molecule has 3 rings (SSSR count). The van der Waals surface area contributed by atoms with Crippen molar-refractivity contribution in [2.24, 2.45) is 11.8 Å². The van der Waals surface area contributed by atoms with Gasteiger partial charge in [-0.3, -0.25) is 14.4 Å². The first kappa shape index (κ1) is 23.0. The van der Waals surface area contributed by atoms with Gasteiger partial charge in [-0.25, -0.2) is 8.42 Å². The smallest absolute Gasteiger partial charge is 0.228 e. The van der Waals surface area contributed by atoms with Crippen LogP contribution in [0, 0.1) is 11.8 Å². The van der Waals surface area contributed by atoms with Gasteiger partial charge in [0.15, 0.2) is 9.84 Å². The maximum atomic E-state index is 13.0. The van der Waals surface area contributed by atoms with E-state index < -0.39 is 15.8 Å². The van der Waals surface area contributed by atoms with E-state index in [1.54, 1.807) is 9.80 Å². The molecule has 0 radical (unpaired) electrons. The Morgan fingerprint density at radius 3 is 2.60 bits per heavy atom. The lowest BCUT2D eigenvalue weighted by Gasteiger charge is -2.33. The van der Waals surface area contributed by atoms with E-state index in [9.17, 15) is 22.8 Å². The van der Waals surface area contributed by atoms with Gasteiger partial charge in [-0.1, -0.05) is 26.2 Å². The number of amides is 3. The maximum absolute atomic E-state index is 13.0. The molecular weight excluding hydrogens is 406 g/mol. The van der Waals surface area contributed by atoms with E-state index in [4.69, 9.17) is 0 Å². The number of likely N-dealkylation sites (tertiary alicyclic amines) is 2. The summed E-state index contributed by atoms with van der Waals surface area (Å²) in [4.78, 5) is 41.3. The minimum absolute atomic E-state index is 0.00384. The van der Waals surface area contributed by atoms with Crippen molar-refractivity contribution in [1.29, 1.82) is 0 Å². The second-order valence-electron chi connectivity index (χ2n) is 8.98. The van der Waals surface area contributed by atoms with E-state index >= 15 is 0 Å². The Morgan fingerprint density at radius 1 is 1.10 bits per heavy atom. The van der Waals surface area contributed by atoms with Gasteiger partial charge in [0, 0.05) is 38.6 Å². The Labute approximate surface area is 179 Å². The summed E-state index contributed by atoms with van der Waals surface area (Å²) in [5, 5.41) is 3.00. The van der Waals surface area contributed by atoms with Crippen LogP contribution in [0.2, 0.25) is 0 Å². The second-order valence-corrected chi connectivity index (χ2v) is 11.2. The van der Waals surface area contributed by atoms with Gasteiger partial charge in [-0.15, -0.1) is 0 Å². The van der Waals surface area contributed by atoms with Gasteiger partial charge in [0.1, 0.15) is 0 Å². The highest BCUT2D eigenvalue weighted by molar-refractivity contribution is 7.91. The molecule has 0 aliphatic carbocycles. The number of carbonyl (C=O) groups is 3. The average Bonchev–Trinajstić information content (AvgIpc) is 3.28.